The van der Waals surface area contributed by atoms with E-state index in [9.17, 15) is 4.79 Å². The second-order valence-corrected chi connectivity index (χ2v) is 6.82. The lowest BCUT2D eigenvalue weighted by Crippen LogP contribution is -2.46. The lowest BCUT2D eigenvalue weighted by molar-refractivity contribution is -0.119. The standard InChI is InChI=1S/C17H28N6O.HI/c1-19-17(23-8-4-5-13(11-23)9-15(18)24)20-10-14-12-22-7-3-2-6-16(22)21-14;/h12-13H,2-11H2,1H3,(H2,18,24)(H,19,20);1H. The average Bonchev–Trinajstić information content (AvgIpc) is 2.98. The highest BCUT2D eigenvalue weighted by Crippen LogP contribution is 2.19. The summed E-state index contributed by atoms with van der Waals surface area (Å²) in [5.41, 5.74) is 6.41. The molecule has 1 saturated heterocycles. The maximum atomic E-state index is 11.2. The summed E-state index contributed by atoms with van der Waals surface area (Å²) in [4.78, 5) is 22.5. The van der Waals surface area contributed by atoms with Crippen LogP contribution in [-0.2, 0) is 24.3 Å². The fourth-order valence-electron chi connectivity index (χ4n) is 3.77. The van der Waals surface area contributed by atoms with E-state index in [1.807, 2.05) is 0 Å². The lowest BCUT2D eigenvalue weighted by atomic mass is 9.95. The molecule has 2 aliphatic heterocycles. The van der Waals surface area contributed by atoms with E-state index < -0.39 is 0 Å². The molecule has 0 saturated carbocycles. The number of nitrogens with zero attached hydrogens (tertiary/aromatic N) is 4. The molecule has 0 radical (unpaired) electrons. The highest BCUT2D eigenvalue weighted by atomic mass is 127. The van der Waals surface area contributed by atoms with E-state index in [0.717, 1.165) is 50.6 Å². The Morgan fingerprint density at radius 2 is 2.24 bits per heavy atom. The van der Waals surface area contributed by atoms with E-state index >= 15 is 0 Å². The predicted octanol–water partition coefficient (Wildman–Crippen LogP) is 1.50. The molecule has 25 heavy (non-hydrogen) atoms. The van der Waals surface area contributed by atoms with Crippen LogP contribution in [0.3, 0.4) is 0 Å². The normalized spacial score (nSPS) is 20.6. The molecule has 0 aliphatic carbocycles. The quantitative estimate of drug-likeness (QED) is 0.405. The maximum absolute atomic E-state index is 11.2. The number of aromatic nitrogens is 2. The minimum atomic E-state index is -0.214. The van der Waals surface area contributed by atoms with Crippen LogP contribution in [0.2, 0.25) is 0 Å². The SMILES string of the molecule is CN=C(NCc1cn2c(n1)CCCC2)N1CCCC(CC(N)=O)C1.I. The number of guanidine groups is 1. The largest absolute Gasteiger partial charge is 0.370 e. The first kappa shape index (κ1) is 20.0. The van der Waals surface area contributed by atoms with Crippen molar-refractivity contribution in [3.63, 3.8) is 0 Å². The van der Waals surface area contributed by atoms with Crippen LogP contribution >= 0.6 is 24.0 Å². The zero-order chi connectivity index (χ0) is 16.9. The van der Waals surface area contributed by atoms with E-state index in [0.29, 0.717) is 18.9 Å². The third kappa shape index (κ3) is 5.32. The Kier molecular flexibility index (Phi) is 7.52. The molecule has 2 aliphatic rings. The van der Waals surface area contributed by atoms with Crippen molar-refractivity contribution in [2.75, 3.05) is 20.1 Å². The van der Waals surface area contributed by atoms with E-state index in [1.165, 1.54) is 18.7 Å². The number of nitrogens with two attached hydrogens (primary N) is 1. The van der Waals surface area contributed by atoms with Gasteiger partial charge < -0.3 is 20.5 Å². The second-order valence-electron chi connectivity index (χ2n) is 6.82. The van der Waals surface area contributed by atoms with Gasteiger partial charge in [0.25, 0.3) is 0 Å². The van der Waals surface area contributed by atoms with Gasteiger partial charge in [0.05, 0.1) is 12.2 Å². The number of aliphatic imine (C=N–C) groups is 1. The molecule has 3 rings (SSSR count). The van der Waals surface area contributed by atoms with E-state index in [-0.39, 0.29) is 29.9 Å². The molecule has 0 bridgehead atoms. The molecule has 1 unspecified atom stereocenters. The van der Waals surface area contributed by atoms with Gasteiger partial charge in [-0.3, -0.25) is 9.79 Å². The maximum Gasteiger partial charge on any atom is 0.217 e. The topological polar surface area (TPSA) is 88.5 Å². The number of hydrogen-bond donors (Lipinski definition) is 2. The van der Waals surface area contributed by atoms with Gasteiger partial charge in [0, 0.05) is 45.7 Å². The van der Waals surface area contributed by atoms with Gasteiger partial charge in [-0.15, -0.1) is 24.0 Å². The summed E-state index contributed by atoms with van der Waals surface area (Å²) in [5, 5.41) is 3.42. The van der Waals surface area contributed by atoms with Gasteiger partial charge in [0.15, 0.2) is 5.96 Å². The first-order valence-electron chi connectivity index (χ1n) is 8.94. The van der Waals surface area contributed by atoms with Gasteiger partial charge in [-0.1, -0.05) is 0 Å². The Balaban J connectivity index is 0.00000225. The van der Waals surface area contributed by atoms with Crippen LogP contribution in [0.1, 0.15) is 43.6 Å². The third-order valence-corrected chi connectivity index (χ3v) is 4.91. The Morgan fingerprint density at radius 3 is 2.96 bits per heavy atom. The molecular weight excluding hydrogens is 431 g/mol. The summed E-state index contributed by atoms with van der Waals surface area (Å²) in [7, 11) is 1.80. The summed E-state index contributed by atoms with van der Waals surface area (Å²) in [6, 6.07) is 0. The number of carbonyl (C=O) groups is 1. The number of amides is 1. The van der Waals surface area contributed by atoms with Gasteiger partial charge in [0.1, 0.15) is 5.82 Å². The number of halogens is 1. The number of imidazole rings is 1. The minimum Gasteiger partial charge on any atom is -0.370 e. The highest BCUT2D eigenvalue weighted by Gasteiger charge is 2.23. The Bertz CT molecular complexity index is 591. The monoisotopic (exact) mass is 460 g/mol. The number of piperidine rings is 1. The molecular formula is C17H29IN6O. The number of rotatable bonds is 4. The number of aryl methyl sites for hydroxylation is 2. The number of likely N-dealkylation sites (tertiary alicyclic amines) is 1. The molecule has 7 nitrogen and oxygen atoms in total. The van der Waals surface area contributed by atoms with Gasteiger partial charge >= 0.3 is 0 Å². The Hall–Kier alpha value is -1.32. The molecule has 3 N–H and O–H groups in total. The van der Waals surface area contributed by atoms with Crippen molar-refractivity contribution >= 4 is 35.8 Å². The van der Waals surface area contributed by atoms with Crippen molar-refractivity contribution in [3.05, 3.63) is 17.7 Å². The summed E-state index contributed by atoms with van der Waals surface area (Å²) in [5.74, 6) is 2.20. The van der Waals surface area contributed by atoms with E-state index in [2.05, 4.69) is 26.0 Å². The van der Waals surface area contributed by atoms with Crippen molar-refractivity contribution in [3.8, 4) is 0 Å². The molecule has 1 aromatic rings. The van der Waals surface area contributed by atoms with Crippen molar-refractivity contribution in [1.82, 2.24) is 19.8 Å². The zero-order valence-corrected chi connectivity index (χ0v) is 17.2. The van der Waals surface area contributed by atoms with Crippen molar-refractivity contribution in [1.29, 1.82) is 0 Å². The number of carbonyl (C=O) groups excluding carboxylic acids is 1. The van der Waals surface area contributed by atoms with Crippen LogP contribution in [0.5, 0.6) is 0 Å². The van der Waals surface area contributed by atoms with E-state index in [4.69, 9.17) is 10.7 Å². The fourth-order valence-corrected chi connectivity index (χ4v) is 3.77. The zero-order valence-electron chi connectivity index (χ0n) is 14.9. The number of fused-ring (bicyclic) bond motifs is 1. The van der Waals surface area contributed by atoms with Crippen LogP contribution in [-0.4, -0.2) is 46.5 Å². The molecule has 1 aromatic heterocycles. The number of nitrogens with one attached hydrogen (secondary N) is 1. The molecule has 140 valence electrons. The molecule has 1 atom stereocenters. The molecule has 1 fully saturated rings. The van der Waals surface area contributed by atoms with Gasteiger partial charge in [0.2, 0.25) is 5.91 Å². The first-order valence-corrected chi connectivity index (χ1v) is 8.94. The van der Waals surface area contributed by atoms with Crippen LogP contribution < -0.4 is 11.1 Å². The highest BCUT2D eigenvalue weighted by molar-refractivity contribution is 14.0. The van der Waals surface area contributed by atoms with Crippen LogP contribution in [0.25, 0.3) is 0 Å². The van der Waals surface area contributed by atoms with Crippen molar-refractivity contribution in [2.45, 2.75) is 51.6 Å². The molecule has 0 spiro atoms. The summed E-state index contributed by atoms with van der Waals surface area (Å²) >= 11 is 0. The van der Waals surface area contributed by atoms with Crippen LogP contribution in [0.4, 0.5) is 0 Å². The predicted molar refractivity (Wildman–Crippen MR) is 109 cm³/mol. The van der Waals surface area contributed by atoms with E-state index in [1.54, 1.807) is 7.05 Å². The number of primary amides is 1. The lowest BCUT2D eigenvalue weighted by Gasteiger charge is -2.34. The van der Waals surface area contributed by atoms with Crippen molar-refractivity contribution in [2.24, 2.45) is 16.6 Å². The fraction of sp³-hybridized carbons (Fsp3) is 0.706. The van der Waals surface area contributed by atoms with Crippen molar-refractivity contribution < 1.29 is 4.79 Å². The second kappa shape index (κ2) is 9.40. The molecule has 0 aromatic carbocycles. The van der Waals surface area contributed by atoms with Gasteiger partial charge in [-0.2, -0.15) is 0 Å². The molecule has 1 amide bonds. The Morgan fingerprint density at radius 1 is 1.40 bits per heavy atom. The average molecular weight is 460 g/mol. The smallest absolute Gasteiger partial charge is 0.217 e. The summed E-state index contributed by atoms with van der Waals surface area (Å²) in [6.07, 6.45) is 8.30. The third-order valence-electron chi connectivity index (χ3n) is 4.91. The van der Waals surface area contributed by atoms with Crippen LogP contribution in [0, 0.1) is 5.92 Å². The van der Waals surface area contributed by atoms with Crippen LogP contribution in [0.15, 0.2) is 11.2 Å². The first-order chi connectivity index (χ1) is 11.7. The minimum absolute atomic E-state index is 0. The van der Waals surface area contributed by atoms with Gasteiger partial charge in [-0.05, 0) is 31.6 Å². The molecule has 8 heteroatoms. The summed E-state index contributed by atoms with van der Waals surface area (Å²) < 4.78 is 2.27. The molecule has 3 heterocycles. The van der Waals surface area contributed by atoms with Gasteiger partial charge in [-0.25, -0.2) is 4.98 Å². The number of hydrogen-bond acceptors (Lipinski definition) is 3. The Labute approximate surface area is 166 Å². The summed E-state index contributed by atoms with van der Waals surface area (Å²) in [6.45, 7) is 3.57.